The molecule has 94 valence electrons. The van der Waals surface area contributed by atoms with Crippen LogP contribution >= 0.6 is 11.6 Å². The van der Waals surface area contributed by atoms with Gasteiger partial charge in [0.15, 0.2) is 0 Å². The Kier molecular flexibility index (Phi) is 3.92. The second-order valence-corrected chi connectivity index (χ2v) is 5.04. The Morgan fingerprint density at radius 2 is 2.29 bits per heavy atom. The van der Waals surface area contributed by atoms with Gasteiger partial charge in [-0.05, 0) is 31.0 Å². The minimum Gasteiger partial charge on any atom is -0.379 e. The molecule has 1 fully saturated rings. The highest BCUT2D eigenvalue weighted by molar-refractivity contribution is 6.33. The molecule has 1 aliphatic heterocycles. The topological polar surface area (TPSA) is 38.5 Å². The predicted molar refractivity (Wildman–Crippen MR) is 71.7 cm³/mol. The number of likely N-dealkylation sites (N-methyl/N-ethyl adjacent to an activating group) is 1. The summed E-state index contributed by atoms with van der Waals surface area (Å²) >= 11 is 6.31. The normalized spacial score (nSPS) is 21.5. The van der Waals surface area contributed by atoms with Crippen LogP contribution in [-0.4, -0.2) is 26.3 Å². The fourth-order valence-corrected chi connectivity index (χ4v) is 2.44. The molecule has 0 spiro atoms. The van der Waals surface area contributed by atoms with E-state index in [2.05, 4.69) is 11.9 Å². The molecule has 0 bridgehead atoms. The van der Waals surface area contributed by atoms with Crippen molar-refractivity contribution in [3.05, 3.63) is 28.8 Å². The molecule has 1 saturated heterocycles. The minimum absolute atomic E-state index is 0.0154. The van der Waals surface area contributed by atoms with Gasteiger partial charge < -0.3 is 15.4 Å². The summed E-state index contributed by atoms with van der Waals surface area (Å²) in [7, 11) is 2.06. The number of anilines is 1. The van der Waals surface area contributed by atoms with Crippen LogP contribution in [0.1, 0.15) is 24.9 Å². The highest BCUT2D eigenvalue weighted by Crippen LogP contribution is 2.30. The average Bonchev–Trinajstić information content (AvgIpc) is 2.81. The molecule has 0 radical (unpaired) electrons. The molecule has 1 heterocycles. The molecule has 1 aliphatic rings. The highest BCUT2D eigenvalue weighted by atomic mass is 35.5. The summed E-state index contributed by atoms with van der Waals surface area (Å²) in [6.45, 7) is 3.58. The largest absolute Gasteiger partial charge is 0.379 e. The molecule has 2 atom stereocenters. The number of hydrogen-bond donors (Lipinski definition) is 1. The molecule has 0 amide bonds. The molecule has 1 aromatic rings. The van der Waals surface area contributed by atoms with Crippen LogP contribution in [0.15, 0.2) is 18.2 Å². The van der Waals surface area contributed by atoms with Gasteiger partial charge in [-0.15, -0.1) is 0 Å². The standard InChI is InChI=1S/C13H19ClN2O/c1-9(15)10-3-4-13(12(14)7-10)16(2)11-5-6-17-8-11/h3-4,7,9,11H,5-6,8,15H2,1-2H3/t9-,11?/m1/s1. The van der Waals surface area contributed by atoms with Crippen LogP contribution < -0.4 is 10.6 Å². The van der Waals surface area contributed by atoms with Crippen LogP contribution in [0.2, 0.25) is 5.02 Å². The van der Waals surface area contributed by atoms with Crippen LogP contribution in [0, 0.1) is 0 Å². The maximum atomic E-state index is 6.31. The number of benzene rings is 1. The van der Waals surface area contributed by atoms with E-state index in [0.717, 1.165) is 35.9 Å². The maximum Gasteiger partial charge on any atom is 0.0670 e. The minimum atomic E-state index is 0.0154. The monoisotopic (exact) mass is 254 g/mol. The van der Waals surface area contributed by atoms with E-state index in [-0.39, 0.29) is 6.04 Å². The van der Waals surface area contributed by atoms with E-state index in [1.54, 1.807) is 0 Å². The van der Waals surface area contributed by atoms with Crippen molar-refractivity contribution in [1.29, 1.82) is 0 Å². The second kappa shape index (κ2) is 5.25. The maximum absolute atomic E-state index is 6.31. The van der Waals surface area contributed by atoms with E-state index in [1.807, 2.05) is 25.1 Å². The molecule has 17 heavy (non-hydrogen) atoms. The van der Waals surface area contributed by atoms with Crippen LogP contribution in [-0.2, 0) is 4.74 Å². The lowest BCUT2D eigenvalue weighted by Gasteiger charge is -2.26. The second-order valence-electron chi connectivity index (χ2n) is 4.63. The number of nitrogens with two attached hydrogens (primary N) is 1. The number of rotatable bonds is 3. The van der Waals surface area contributed by atoms with Gasteiger partial charge in [0.25, 0.3) is 0 Å². The molecule has 0 aliphatic carbocycles. The van der Waals surface area contributed by atoms with Gasteiger partial charge in [-0.25, -0.2) is 0 Å². The molecular formula is C13H19ClN2O. The smallest absolute Gasteiger partial charge is 0.0670 e. The lowest BCUT2D eigenvalue weighted by Crippen LogP contribution is -2.32. The van der Waals surface area contributed by atoms with Crippen molar-refractivity contribution in [2.75, 3.05) is 25.2 Å². The Labute approximate surface area is 107 Å². The van der Waals surface area contributed by atoms with E-state index in [0.29, 0.717) is 6.04 Å². The molecular weight excluding hydrogens is 236 g/mol. The Bertz CT molecular complexity index is 389. The predicted octanol–water partition coefficient (Wildman–Crippen LogP) is 2.58. The van der Waals surface area contributed by atoms with Crippen molar-refractivity contribution in [1.82, 2.24) is 0 Å². The van der Waals surface area contributed by atoms with E-state index >= 15 is 0 Å². The van der Waals surface area contributed by atoms with Gasteiger partial charge in [-0.1, -0.05) is 17.7 Å². The summed E-state index contributed by atoms with van der Waals surface area (Å²) in [5, 5.41) is 0.759. The zero-order valence-electron chi connectivity index (χ0n) is 10.3. The molecule has 3 nitrogen and oxygen atoms in total. The summed E-state index contributed by atoms with van der Waals surface area (Å²) in [6, 6.07) is 6.47. The lowest BCUT2D eigenvalue weighted by atomic mass is 10.1. The molecule has 0 saturated carbocycles. The first-order chi connectivity index (χ1) is 8.09. The molecule has 2 N–H and O–H groups in total. The molecule has 1 unspecified atom stereocenters. The first-order valence-corrected chi connectivity index (χ1v) is 6.33. The Morgan fingerprint density at radius 3 is 2.82 bits per heavy atom. The van der Waals surface area contributed by atoms with E-state index in [4.69, 9.17) is 22.1 Å². The van der Waals surface area contributed by atoms with Gasteiger partial charge in [0.05, 0.1) is 23.4 Å². The highest BCUT2D eigenvalue weighted by Gasteiger charge is 2.22. The van der Waals surface area contributed by atoms with Crippen molar-refractivity contribution >= 4 is 17.3 Å². The first kappa shape index (κ1) is 12.7. The molecule has 2 rings (SSSR count). The Balaban J connectivity index is 2.20. The quantitative estimate of drug-likeness (QED) is 0.901. The van der Waals surface area contributed by atoms with Gasteiger partial charge in [0.1, 0.15) is 0 Å². The third-order valence-electron chi connectivity index (χ3n) is 3.33. The zero-order valence-corrected chi connectivity index (χ0v) is 11.1. The van der Waals surface area contributed by atoms with Crippen molar-refractivity contribution < 1.29 is 4.74 Å². The van der Waals surface area contributed by atoms with Gasteiger partial charge in [-0.3, -0.25) is 0 Å². The Morgan fingerprint density at radius 1 is 1.53 bits per heavy atom. The van der Waals surface area contributed by atoms with Crippen LogP contribution in [0.5, 0.6) is 0 Å². The van der Waals surface area contributed by atoms with E-state index in [1.165, 1.54) is 0 Å². The summed E-state index contributed by atoms with van der Waals surface area (Å²) in [6.07, 6.45) is 1.06. The lowest BCUT2D eigenvalue weighted by molar-refractivity contribution is 0.193. The van der Waals surface area contributed by atoms with E-state index in [9.17, 15) is 0 Å². The van der Waals surface area contributed by atoms with Crippen molar-refractivity contribution in [2.45, 2.75) is 25.4 Å². The van der Waals surface area contributed by atoms with Gasteiger partial charge >= 0.3 is 0 Å². The average molecular weight is 255 g/mol. The summed E-state index contributed by atoms with van der Waals surface area (Å²) < 4.78 is 5.40. The van der Waals surface area contributed by atoms with Gasteiger partial charge in [0, 0.05) is 19.7 Å². The molecule has 0 aromatic heterocycles. The molecule has 1 aromatic carbocycles. The van der Waals surface area contributed by atoms with E-state index < -0.39 is 0 Å². The van der Waals surface area contributed by atoms with Crippen molar-refractivity contribution in [3.63, 3.8) is 0 Å². The zero-order chi connectivity index (χ0) is 12.4. The molecule has 4 heteroatoms. The fourth-order valence-electron chi connectivity index (χ4n) is 2.12. The Hall–Kier alpha value is -0.770. The third-order valence-corrected chi connectivity index (χ3v) is 3.63. The number of hydrogen-bond acceptors (Lipinski definition) is 3. The third kappa shape index (κ3) is 2.73. The number of nitrogens with zero attached hydrogens (tertiary/aromatic N) is 1. The number of halogens is 1. The SMILES string of the molecule is C[C@@H](N)c1ccc(N(C)C2CCOC2)c(Cl)c1. The van der Waals surface area contributed by atoms with Crippen LogP contribution in [0.4, 0.5) is 5.69 Å². The number of ether oxygens (including phenoxy) is 1. The van der Waals surface area contributed by atoms with Crippen LogP contribution in [0.25, 0.3) is 0 Å². The fraction of sp³-hybridized carbons (Fsp3) is 0.538. The summed E-state index contributed by atoms with van der Waals surface area (Å²) in [5.41, 5.74) is 7.95. The first-order valence-electron chi connectivity index (χ1n) is 5.95. The van der Waals surface area contributed by atoms with Crippen LogP contribution in [0.3, 0.4) is 0 Å². The van der Waals surface area contributed by atoms with Gasteiger partial charge in [0.2, 0.25) is 0 Å². The van der Waals surface area contributed by atoms with Crippen molar-refractivity contribution in [2.24, 2.45) is 5.73 Å². The summed E-state index contributed by atoms with van der Waals surface area (Å²) in [4.78, 5) is 2.19. The van der Waals surface area contributed by atoms with Crippen molar-refractivity contribution in [3.8, 4) is 0 Å². The van der Waals surface area contributed by atoms with Gasteiger partial charge in [-0.2, -0.15) is 0 Å². The summed E-state index contributed by atoms with van der Waals surface area (Å²) in [5.74, 6) is 0.